The van der Waals surface area contributed by atoms with Crippen molar-refractivity contribution in [2.75, 3.05) is 18.1 Å². The molecule has 0 aromatic heterocycles. The second-order valence-electron chi connectivity index (χ2n) is 3.97. The van der Waals surface area contributed by atoms with Crippen LogP contribution >= 0.6 is 23.7 Å². The third kappa shape index (κ3) is 3.16. The van der Waals surface area contributed by atoms with Gasteiger partial charge >= 0.3 is 0 Å². The van der Waals surface area contributed by atoms with Crippen LogP contribution < -0.4 is 0 Å². The molecule has 0 spiro atoms. The molecule has 1 nitrogen and oxygen atoms in total. The van der Waals surface area contributed by atoms with Crippen molar-refractivity contribution in [3.8, 4) is 0 Å². The molecule has 0 saturated carbocycles. The van der Waals surface area contributed by atoms with E-state index < -0.39 is 0 Å². The highest BCUT2D eigenvalue weighted by molar-refractivity contribution is 8.00. The number of benzene rings is 1. The molecule has 0 bridgehead atoms. The number of nitrogens with zero attached hydrogens (tertiary/aromatic N) is 1. The Morgan fingerprint density at radius 3 is 2.73 bits per heavy atom. The van der Waals surface area contributed by atoms with E-state index >= 15 is 0 Å². The first-order valence-corrected chi connectivity index (χ1v) is 7.27. The summed E-state index contributed by atoms with van der Waals surface area (Å²) in [5.41, 5.74) is 1.33. The van der Waals surface area contributed by atoms with E-state index in [2.05, 4.69) is 54.2 Å². The lowest BCUT2D eigenvalue weighted by Crippen LogP contribution is -2.34. The molecule has 0 amide bonds. The number of hydrogen-bond acceptors (Lipinski definition) is 3. The molecule has 1 fully saturated rings. The quantitative estimate of drug-likeness (QED) is 0.728. The molecule has 1 heterocycles. The summed E-state index contributed by atoms with van der Waals surface area (Å²) in [6.45, 7) is 5.65. The average molecular weight is 239 g/mol. The molecule has 82 valence electrons. The Labute approximate surface area is 101 Å². The molecule has 1 unspecified atom stereocenters. The van der Waals surface area contributed by atoms with Gasteiger partial charge in [-0.2, -0.15) is 11.8 Å². The zero-order valence-electron chi connectivity index (χ0n) is 9.27. The van der Waals surface area contributed by atoms with Gasteiger partial charge in [0, 0.05) is 29.0 Å². The lowest BCUT2D eigenvalue weighted by Gasteiger charge is -2.31. The number of thioether (sulfide) groups is 1. The van der Waals surface area contributed by atoms with Crippen molar-refractivity contribution in [2.24, 2.45) is 0 Å². The highest BCUT2D eigenvalue weighted by Gasteiger charge is 2.19. The zero-order chi connectivity index (χ0) is 10.7. The van der Waals surface area contributed by atoms with E-state index in [4.69, 9.17) is 0 Å². The molecular weight excluding hydrogens is 222 g/mol. The fourth-order valence-electron chi connectivity index (χ4n) is 1.58. The monoisotopic (exact) mass is 239 g/mol. The molecule has 1 aromatic carbocycles. The van der Waals surface area contributed by atoms with Gasteiger partial charge in [-0.1, -0.05) is 17.7 Å². The number of aryl methyl sites for hydroxylation is 1. The third-order valence-corrected chi connectivity index (χ3v) is 5.00. The summed E-state index contributed by atoms with van der Waals surface area (Å²) >= 11 is 3.97. The summed E-state index contributed by atoms with van der Waals surface area (Å²) < 4.78 is 2.50. The minimum atomic E-state index is 0.690. The van der Waals surface area contributed by atoms with Gasteiger partial charge in [-0.25, -0.2) is 4.31 Å². The fourth-order valence-corrected chi connectivity index (χ4v) is 3.77. The lowest BCUT2D eigenvalue weighted by atomic mass is 10.2. The van der Waals surface area contributed by atoms with E-state index in [1.54, 1.807) is 0 Å². The van der Waals surface area contributed by atoms with Crippen molar-refractivity contribution < 1.29 is 0 Å². The van der Waals surface area contributed by atoms with Crippen molar-refractivity contribution in [3.63, 3.8) is 0 Å². The summed E-state index contributed by atoms with van der Waals surface area (Å²) in [4.78, 5) is 1.36. The minimum Gasteiger partial charge on any atom is -0.242 e. The van der Waals surface area contributed by atoms with E-state index in [1.165, 1.54) is 28.5 Å². The topological polar surface area (TPSA) is 3.24 Å². The highest BCUT2D eigenvalue weighted by atomic mass is 32.2. The molecule has 0 N–H and O–H groups in total. The normalized spacial score (nSPS) is 22.9. The molecule has 1 aliphatic rings. The van der Waals surface area contributed by atoms with Gasteiger partial charge < -0.3 is 0 Å². The predicted octanol–water partition coefficient (Wildman–Crippen LogP) is 3.44. The van der Waals surface area contributed by atoms with Gasteiger partial charge in [0.2, 0.25) is 0 Å². The molecule has 15 heavy (non-hydrogen) atoms. The zero-order valence-corrected chi connectivity index (χ0v) is 10.9. The van der Waals surface area contributed by atoms with E-state index in [1.807, 2.05) is 11.9 Å². The first-order chi connectivity index (χ1) is 7.25. The molecule has 0 aliphatic carbocycles. The van der Waals surface area contributed by atoms with E-state index in [0.29, 0.717) is 6.04 Å². The van der Waals surface area contributed by atoms with Gasteiger partial charge in [-0.05, 0) is 37.9 Å². The van der Waals surface area contributed by atoms with Gasteiger partial charge in [0.05, 0.1) is 0 Å². The molecule has 1 aromatic rings. The Bertz CT molecular complexity index is 310. The fraction of sp³-hybridized carbons (Fsp3) is 0.500. The Morgan fingerprint density at radius 2 is 2.07 bits per heavy atom. The lowest BCUT2D eigenvalue weighted by molar-refractivity contribution is 0.413. The van der Waals surface area contributed by atoms with Crippen LogP contribution in [0.4, 0.5) is 0 Å². The van der Waals surface area contributed by atoms with Crippen molar-refractivity contribution in [3.05, 3.63) is 29.8 Å². The maximum absolute atomic E-state index is 2.50. The van der Waals surface area contributed by atoms with Crippen LogP contribution in [0.5, 0.6) is 0 Å². The van der Waals surface area contributed by atoms with Crippen molar-refractivity contribution in [1.29, 1.82) is 0 Å². The van der Waals surface area contributed by atoms with Crippen LogP contribution in [0.15, 0.2) is 29.2 Å². The summed E-state index contributed by atoms with van der Waals surface area (Å²) in [7, 11) is 0. The van der Waals surface area contributed by atoms with Gasteiger partial charge in [-0.15, -0.1) is 0 Å². The second kappa shape index (κ2) is 5.28. The maximum atomic E-state index is 2.50. The Hall–Kier alpha value is -0.120. The summed E-state index contributed by atoms with van der Waals surface area (Å²) in [6, 6.07) is 9.50. The highest BCUT2D eigenvalue weighted by Crippen LogP contribution is 2.29. The van der Waals surface area contributed by atoms with Crippen LogP contribution in [0.25, 0.3) is 0 Å². The first-order valence-electron chi connectivity index (χ1n) is 5.35. The van der Waals surface area contributed by atoms with Crippen LogP contribution in [0, 0.1) is 6.92 Å². The second-order valence-corrected chi connectivity index (χ2v) is 6.24. The van der Waals surface area contributed by atoms with Gasteiger partial charge in [-0.3, -0.25) is 0 Å². The Morgan fingerprint density at radius 1 is 1.33 bits per heavy atom. The van der Waals surface area contributed by atoms with Crippen LogP contribution in [-0.4, -0.2) is 28.4 Å². The van der Waals surface area contributed by atoms with Crippen LogP contribution in [0.2, 0.25) is 0 Å². The van der Waals surface area contributed by atoms with Gasteiger partial charge in [0.15, 0.2) is 0 Å². The minimum absolute atomic E-state index is 0.690. The number of hydrogen-bond donors (Lipinski definition) is 0. The molecule has 1 saturated heterocycles. The van der Waals surface area contributed by atoms with Crippen molar-refractivity contribution >= 4 is 23.7 Å². The summed E-state index contributed by atoms with van der Waals surface area (Å²) in [6.07, 6.45) is 0. The molecular formula is C12H17NS2. The Kier molecular flexibility index (Phi) is 4.00. The van der Waals surface area contributed by atoms with Gasteiger partial charge in [0.25, 0.3) is 0 Å². The van der Waals surface area contributed by atoms with Crippen molar-refractivity contribution in [2.45, 2.75) is 24.8 Å². The standard InChI is InChI=1S/C12H17NS2/c1-10-3-5-12(6-4-10)15-13-7-8-14-9-11(13)2/h3-6,11H,7-9H2,1-2H3. The van der Waals surface area contributed by atoms with E-state index in [9.17, 15) is 0 Å². The van der Waals surface area contributed by atoms with Crippen LogP contribution in [0.1, 0.15) is 12.5 Å². The predicted molar refractivity (Wildman–Crippen MR) is 70.5 cm³/mol. The number of rotatable bonds is 2. The first kappa shape index (κ1) is 11.4. The van der Waals surface area contributed by atoms with Gasteiger partial charge in [0.1, 0.15) is 0 Å². The SMILES string of the molecule is Cc1ccc(SN2CCSCC2C)cc1. The summed E-state index contributed by atoms with van der Waals surface area (Å²) in [5.74, 6) is 2.53. The summed E-state index contributed by atoms with van der Waals surface area (Å²) in [5, 5.41) is 0. The maximum Gasteiger partial charge on any atom is 0.0268 e. The van der Waals surface area contributed by atoms with Crippen LogP contribution in [-0.2, 0) is 0 Å². The smallest absolute Gasteiger partial charge is 0.0268 e. The van der Waals surface area contributed by atoms with E-state index in [-0.39, 0.29) is 0 Å². The Balaban J connectivity index is 1.98. The van der Waals surface area contributed by atoms with Crippen LogP contribution in [0.3, 0.4) is 0 Å². The van der Waals surface area contributed by atoms with E-state index in [0.717, 1.165) is 0 Å². The third-order valence-electron chi connectivity index (χ3n) is 2.55. The molecule has 2 rings (SSSR count). The molecule has 1 aliphatic heterocycles. The largest absolute Gasteiger partial charge is 0.242 e. The molecule has 0 radical (unpaired) electrons. The molecule has 3 heteroatoms. The molecule has 1 atom stereocenters. The average Bonchev–Trinajstić information content (AvgIpc) is 2.25. The van der Waals surface area contributed by atoms with Crippen molar-refractivity contribution in [1.82, 2.24) is 4.31 Å².